The van der Waals surface area contributed by atoms with E-state index in [-0.39, 0.29) is 0 Å². The van der Waals surface area contributed by atoms with Crippen LogP contribution in [0.15, 0.2) is 58.2 Å². The molecular formula is C17H8F3N5S2. The van der Waals surface area contributed by atoms with Crippen molar-refractivity contribution in [3.63, 3.8) is 0 Å². The van der Waals surface area contributed by atoms with Crippen molar-refractivity contribution >= 4 is 28.1 Å². The van der Waals surface area contributed by atoms with Crippen molar-refractivity contribution in [2.24, 2.45) is 0 Å². The standard InChI is InChI=1S/C17H8F3N5S2/c18-17(19,20)13-6-12(4-3-10(13)7-21)26-16-24-25-9-14(23-15(25)27-16)11-2-1-5-22-8-11/h1-6,8-9H. The average Bonchev–Trinajstić information content (AvgIpc) is 3.20. The number of nitrogens with zero attached hydrogens (tertiary/aromatic N) is 5. The number of pyridine rings is 1. The molecule has 0 radical (unpaired) electrons. The Balaban J connectivity index is 1.63. The maximum atomic E-state index is 13.1. The van der Waals surface area contributed by atoms with Crippen molar-refractivity contribution in [2.45, 2.75) is 15.4 Å². The van der Waals surface area contributed by atoms with Gasteiger partial charge in [-0.05, 0) is 30.3 Å². The number of aromatic nitrogens is 4. The van der Waals surface area contributed by atoms with Gasteiger partial charge in [-0.3, -0.25) is 4.98 Å². The summed E-state index contributed by atoms with van der Waals surface area (Å²) in [5.41, 5.74) is 0.222. The molecule has 0 amide bonds. The minimum Gasteiger partial charge on any atom is -0.264 e. The van der Waals surface area contributed by atoms with Gasteiger partial charge in [-0.25, -0.2) is 9.50 Å². The van der Waals surface area contributed by atoms with E-state index in [0.717, 1.165) is 29.1 Å². The largest absolute Gasteiger partial charge is 0.417 e. The Morgan fingerprint density at radius 1 is 1.22 bits per heavy atom. The number of rotatable bonds is 3. The first-order valence-electron chi connectivity index (χ1n) is 7.50. The number of fused-ring (bicyclic) bond motifs is 1. The van der Waals surface area contributed by atoms with Crippen molar-refractivity contribution in [3.05, 3.63) is 60.0 Å². The highest BCUT2D eigenvalue weighted by atomic mass is 32.2. The molecule has 4 aromatic rings. The maximum absolute atomic E-state index is 13.1. The molecule has 0 aliphatic carbocycles. The fourth-order valence-corrected chi connectivity index (χ4v) is 4.33. The number of benzene rings is 1. The second kappa shape index (κ2) is 6.68. The van der Waals surface area contributed by atoms with E-state index in [1.54, 1.807) is 35.2 Å². The van der Waals surface area contributed by atoms with Crippen molar-refractivity contribution < 1.29 is 13.2 Å². The quantitative estimate of drug-likeness (QED) is 0.487. The third kappa shape index (κ3) is 3.51. The Labute approximate surface area is 159 Å². The van der Waals surface area contributed by atoms with Gasteiger partial charge in [0.1, 0.15) is 0 Å². The highest BCUT2D eigenvalue weighted by Gasteiger charge is 2.34. The second-order valence-electron chi connectivity index (χ2n) is 5.38. The Bertz CT molecular complexity index is 1130. The summed E-state index contributed by atoms with van der Waals surface area (Å²) in [6.07, 6.45) is 0.518. The molecule has 134 valence electrons. The van der Waals surface area contributed by atoms with Crippen LogP contribution in [0, 0.1) is 11.3 Å². The smallest absolute Gasteiger partial charge is 0.264 e. The average molecular weight is 403 g/mol. The number of alkyl halides is 3. The van der Waals surface area contributed by atoms with Crippen LogP contribution in [0.25, 0.3) is 16.2 Å². The van der Waals surface area contributed by atoms with Crippen LogP contribution >= 0.6 is 23.1 Å². The molecule has 0 N–H and O–H groups in total. The minimum absolute atomic E-state index is 0.353. The Kier molecular flexibility index (Phi) is 4.33. The lowest BCUT2D eigenvalue weighted by molar-refractivity contribution is -0.137. The first-order chi connectivity index (χ1) is 12.9. The van der Waals surface area contributed by atoms with Crippen LogP contribution in [0.1, 0.15) is 11.1 Å². The van der Waals surface area contributed by atoms with E-state index in [9.17, 15) is 13.2 Å². The predicted octanol–water partition coefficient (Wildman–Crippen LogP) is 4.89. The summed E-state index contributed by atoms with van der Waals surface area (Å²) in [5.74, 6) is 0. The van der Waals surface area contributed by atoms with E-state index in [1.165, 1.54) is 23.5 Å². The molecule has 4 rings (SSSR count). The van der Waals surface area contributed by atoms with Crippen molar-refractivity contribution in [1.82, 2.24) is 19.6 Å². The SMILES string of the molecule is N#Cc1ccc(Sc2nn3cc(-c4cccnc4)nc3s2)cc1C(F)(F)F. The zero-order chi connectivity index (χ0) is 19.0. The minimum atomic E-state index is -4.59. The van der Waals surface area contributed by atoms with E-state index >= 15 is 0 Å². The highest BCUT2D eigenvalue weighted by Crippen LogP contribution is 2.37. The van der Waals surface area contributed by atoms with Crippen LogP contribution in [0.2, 0.25) is 0 Å². The molecule has 3 heterocycles. The summed E-state index contributed by atoms with van der Waals surface area (Å²) < 4.78 is 41.4. The first kappa shape index (κ1) is 17.5. The summed E-state index contributed by atoms with van der Waals surface area (Å²) in [7, 11) is 0. The molecule has 0 fully saturated rings. The van der Waals surface area contributed by atoms with E-state index < -0.39 is 17.3 Å². The van der Waals surface area contributed by atoms with Gasteiger partial charge in [-0.2, -0.15) is 18.4 Å². The summed E-state index contributed by atoms with van der Waals surface area (Å²) >= 11 is 2.36. The fourth-order valence-electron chi connectivity index (χ4n) is 2.40. The zero-order valence-electron chi connectivity index (χ0n) is 13.3. The third-order valence-electron chi connectivity index (χ3n) is 3.60. The lowest BCUT2D eigenvalue weighted by atomic mass is 10.1. The molecule has 0 saturated carbocycles. The molecule has 0 saturated heterocycles. The molecule has 5 nitrogen and oxygen atoms in total. The number of halogens is 3. The summed E-state index contributed by atoms with van der Waals surface area (Å²) in [6.45, 7) is 0. The van der Waals surface area contributed by atoms with E-state index in [2.05, 4.69) is 15.1 Å². The third-order valence-corrected chi connectivity index (χ3v) is 5.57. The van der Waals surface area contributed by atoms with Gasteiger partial charge in [0.05, 0.1) is 29.1 Å². The topological polar surface area (TPSA) is 66.9 Å². The summed E-state index contributed by atoms with van der Waals surface area (Å²) in [5, 5.41) is 13.2. The molecular weight excluding hydrogens is 395 g/mol. The molecule has 10 heteroatoms. The molecule has 0 aliphatic rings. The van der Waals surface area contributed by atoms with E-state index in [4.69, 9.17) is 5.26 Å². The van der Waals surface area contributed by atoms with Gasteiger partial charge in [0.15, 0.2) is 4.34 Å². The molecule has 0 unspecified atom stereocenters. The van der Waals surface area contributed by atoms with Gasteiger partial charge in [0.25, 0.3) is 0 Å². The van der Waals surface area contributed by atoms with E-state index in [0.29, 0.717) is 14.2 Å². The van der Waals surface area contributed by atoms with Gasteiger partial charge >= 0.3 is 6.18 Å². The monoisotopic (exact) mass is 403 g/mol. The maximum Gasteiger partial charge on any atom is 0.417 e. The number of hydrogen-bond acceptors (Lipinski definition) is 6. The van der Waals surface area contributed by atoms with Crippen molar-refractivity contribution in [3.8, 4) is 17.3 Å². The predicted molar refractivity (Wildman–Crippen MR) is 94.4 cm³/mol. The molecule has 0 atom stereocenters. The van der Waals surface area contributed by atoms with Crippen LogP contribution < -0.4 is 0 Å². The van der Waals surface area contributed by atoms with Crippen LogP contribution in [0.3, 0.4) is 0 Å². The van der Waals surface area contributed by atoms with Gasteiger partial charge in [0, 0.05) is 22.9 Å². The van der Waals surface area contributed by atoms with Gasteiger partial charge in [-0.1, -0.05) is 23.1 Å². The molecule has 0 bridgehead atoms. The summed E-state index contributed by atoms with van der Waals surface area (Å²) in [6, 6.07) is 8.87. The number of hydrogen-bond donors (Lipinski definition) is 0. The Morgan fingerprint density at radius 3 is 2.74 bits per heavy atom. The van der Waals surface area contributed by atoms with Crippen molar-refractivity contribution in [1.29, 1.82) is 5.26 Å². The van der Waals surface area contributed by atoms with Crippen LogP contribution in [-0.4, -0.2) is 19.6 Å². The lowest BCUT2D eigenvalue weighted by Crippen LogP contribution is -2.07. The summed E-state index contributed by atoms with van der Waals surface area (Å²) in [4.78, 5) is 9.50. The highest BCUT2D eigenvalue weighted by molar-refractivity contribution is 8.01. The number of imidazole rings is 1. The molecule has 27 heavy (non-hydrogen) atoms. The normalized spacial score (nSPS) is 11.6. The molecule has 1 aromatic carbocycles. The Morgan fingerprint density at radius 2 is 2.07 bits per heavy atom. The van der Waals surface area contributed by atoms with Crippen LogP contribution in [-0.2, 0) is 6.18 Å². The fraction of sp³-hybridized carbons (Fsp3) is 0.0588. The van der Waals surface area contributed by atoms with Crippen LogP contribution in [0.4, 0.5) is 13.2 Å². The molecule has 0 spiro atoms. The molecule has 0 aliphatic heterocycles. The molecule has 3 aromatic heterocycles. The van der Waals surface area contributed by atoms with Crippen molar-refractivity contribution in [2.75, 3.05) is 0 Å². The lowest BCUT2D eigenvalue weighted by Gasteiger charge is -2.09. The van der Waals surface area contributed by atoms with Gasteiger partial charge < -0.3 is 0 Å². The second-order valence-corrected chi connectivity index (χ2v) is 7.66. The Hall–Kier alpha value is -2.90. The first-order valence-corrected chi connectivity index (χ1v) is 9.13. The van der Waals surface area contributed by atoms with E-state index in [1.807, 2.05) is 6.07 Å². The van der Waals surface area contributed by atoms with Crippen LogP contribution in [0.5, 0.6) is 0 Å². The van der Waals surface area contributed by atoms with Gasteiger partial charge in [-0.15, -0.1) is 5.10 Å². The number of nitriles is 1. The van der Waals surface area contributed by atoms with Gasteiger partial charge in [0.2, 0.25) is 4.96 Å². The zero-order valence-corrected chi connectivity index (χ0v) is 14.9.